The van der Waals surface area contributed by atoms with E-state index in [0.717, 1.165) is 9.80 Å². The molecule has 0 unspecified atom stereocenters. The van der Waals surface area contributed by atoms with E-state index in [1.165, 1.54) is 24.3 Å². The maximum Gasteiger partial charge on any atom is 0.261 e. The molecule has 156 valence electrons. The Morgan fingerprint density at radius 1 is 0.633 bits per heavy atom. The number of carbonyl (C=O) groups excluding carboxylic acids is 4. The molecule has 1 N–H and O–H groups in total. The van der Waals surface area contributed by atoms with Crippen LogP contribution >= 0.6 is 0 Å². The first-order valence-corrected chi connectivity index (χ1v) is 10.0. The first-order valence-electron chi connectivity index (χ1n) is 10.0. The van der Waals surface area contributed by atoms with Gasteiger partial charge < -0.3 is 10.2 Å². The Balaban J connectivity index is 1.80. The zero-order valence-corrected chi connectivity index (χ0v) is 16.3. The van der Waals surface area contributed by atoms with Crippen LogP contribution in [0, 0.1) is 0 Å². The molecule has 2 aliphatic rings. The highest BCUT2D eigenvalue weighted by Crippen LogP contribution is 2.37. The molecule has 0 radical (unpaired) electrons. The van der Waals surface area contributed by atoms with Gasteiger partial charge in [-0.2, -0.15) is 0 Å². The molecule has 2 aromatic rings. The quantitative estimate of drug-likeness (QED) is 0.512. The van der Waals surface area contributed by atoms with Gasteiger partial charge in [0, 0.05) is 52.7 Å². The lowest BCUT2D eigenvalue weighted by Crippen LogP contribution is -2.43. The van der Waals surface area contributed by atoms with E-state index in [1.54, 1.807) is 0 Å². The molecule has 30 heavy (non-hydrogen) atoms. The molecule has 8 nitrogen and oxygen atoms in total. The van der Waals surface area contributed by atoms with Crippen molar-refractivity contribution in [3.8, 4) is 0 Å². The molecule has 2 heterocycles. The number of aliphatic hydroxyl groups excluding tert-OH is 1. The molecule has 0 aromatic heterocycles. The third-order valence-electron chi connectivity index (χ3n) is 5.63. The van der Waals surface area contributed by atoms with Gasteiger partial charge in [-0.15, -0.1) is 6.61 Å². The van der Waals surface area contributed by atoms with Crippen LogP contribution in [-0.2, 0) is 0 Å². The number of benzene rings is 2. The SMILES string of the molecule is O=C1c2ccc3c4c(ccc(c24)C(=O)N1CCCC[O-])C(=O)N(CCCCO)C3=O. The third kappa shape index (κ3) is 3.00. The minimum Gasteiger partial charge on any atom is -0.854 e. The molecule has 8 heteroatoms. The Hall–Kier alpha value is -3.10. The van der Waals surface area contributed by atoms with Crippen molar-refractivity contribution in [1.29, 1.82) is 0 Å². The number of unbranched alkanes of at least 4 members (excludes halogenated alkanes) is 2. The van der Waals surface area contributed by atoms with Crippen molar-refractivity contribution in [2.24, 2.45) is 0 Å². The minimum absolute atomic E-state index is 0.0232. The van der Waals surface area contributed by atoms with Crippen LogP contribution in [0.4, 0.5) is 0 Å². The number of amides is 4. The number of rotatable bonds is 8. The van der Waals surface area contributed by atoms with Crippen LogP contribution in [0.2, 0.25) is 0 Å². The first kappa shape index (κ1) is 20.2. The Kier molecular flexibility index (Phi) is 5.36. The van der Waals surface area contributed by atoms with Gasteiger partial charge in [0.2, 0.25) is 0 Å². The summed E-state index contributed by atoms with van der Waals surface area (Å²) in [4.78, 5) is 54.1. The number of hydrogen-bond acceptors (Lipinski definition) is 6. The molecule has 0 saturated carbocycles. The molecule has 0 aliphatic carbocycles. The van der Waals surface area contributed by atoms with Crippen LogP contribution < -0.4 is 5.11 Å². The van der Waals surface area contributed by atoms with Crippen molar-refractivity contribution in [3.05, 3.63) is 46.5 Å². The minimum atomic E-state index is -0.479. The molecule has 0 bridgehead atoms. The summed E-state index contributed by atoms with van der Waals surface area (Å²) in [6, 6.07) is 6.12. The number of hydrogen-bond donors (Lipinski definition) is 1. The van der Waals surface area contributed by atoms with Crippen molar-refractivity contribution >= 4 is 34.4 Å². The van der Waals surface area contributed by atoms with Crippen LogP contribution in [-0.4, -0.2) is 64.8 Å². The standard InChI is InChI=1S/C22H21N2O6/c25-11-3-1-9-23-19(27)13-5-7-15-18-16(8-6-14(17(13)18)20(23)28)22(30)24(21(15)29)10-2-4-12-26/h5-8,25H,1-4,9-12H2/q-1. The topological polar surface area (TPSA) is 118 Å². The van der Waals surface area contributed by atoms with Gasteiger partial charge in [0.05, 0.1) is 0 Å². The molecule has 4 amide bonds. The molecule has 0 saturated heterocycles. The van der Waals surface area contributed by atoms with Gasteiger partial charge in [0.1, 0.15) is 0 Å². The lowest BCUT2D eigenvalue weighted by atomic mass is 9.86. The van der Waals surface area contributed by atoms with Crippen molar-refractivity contribution in [1.82, 2.24) is 9.80 Å². The van der Waals surface area contributed by atoms with E-state index < -0.39 is 23.6 Å². The lowest BCUT2D eigenvalue weighted by Gasteiger charge is -2.32. The molecule has 0 atom stereocenters. The maximum absolute atomic E-state index is 13.0. The zero-order valence-electron chi connectivity index (χ0n) is 16.3. The van der Waals surface area contributed by atoms with Gasteiger partial charge in [0.25, 0.3) is 23.6 Å². The summed E-state index contributed by atoms with van der Waals surface area (Å²) < 4.78 is 0. The fraction of sp³-hybridized carbons (Fsp3) is 0.364. The number of nitrogens with zero attached hydrogens (tertiary/aromatic N) is 2. The predicted molar refractivity (Wildman–Crippen MR) is 105 cm³/mol. The van der Waals surface area contributed by atoms with E-state index in [4.69, 9.17) is 5.11 Å². The summed E-state index contributed by atoms with van der Waals surface area (Å²) in [6.07, 6.45) is 1.75. The fourth-order valence-corrected chi connectivity index (χ4v) is 4.13. The third-order valence-corrected chi connectivity index (χ3v) is 5.63. The summed E-state index contributed by atoms with van der Waals surface area (Å²) in [5.41, 5.74) is 1.13. The monoisotopic (exact) mass is 409 g/mol. The van der Waals surface area contributed by atoms with Gasteiger partial charge in [-0.05, 0) is 43.5 Å². The number of carbonyl (C=O) groups is 4. The van der Waals surface area contributed by atoms with Crippen molar-refractivity contribution in [2.75, 3.05) is 26.3 Å². The number of aliphatic hydroxyl groups is 1. The molecule has 2 aliphatic heterocycles. The van der Waals surface area contributed by atoms with Crippen molar-refractivity contribution < 1.29 is 29.4 Å². The van der Waals surface area contributed by atoms with Crippen LogP contribution in [0.5, 0.6) is 0 Å². The van der Waals surface area contributed by atoms with E-state index in [1.807, 2.05) is 0 Å². The van der Waals surface area contributed by atoms with Gasteiger partial charge in [-0.3, -0.25) is 29.0 Å². The Morgan fingerprint density at radius 2 is 1.00 bits per heavy atom. The van der Waals surface area contributed by atoms with Crippen LogP contribution in [0.15, 0.2) is 24.3 Å². The molecular weight excluding hydrogens is 388 g/mol. The Labute approximate surface area is 172 Å². The van der Waals surface area contributed by atoms with Crippen LogP contribution in [0.3, 0.4) is 0 Å². The van der Waals surface area contributed by atoms with Crippen LogP contribution in [0.25, 0.3) is 10.8 Å². The second-order valence-corrected chi connectivity index (χ2v) is 7.44. The highest BCUT2D eigenvalue weighted by atomic mass is 16.3. The van der Waals surface area contributed by atoms with E-state index in [9.17, 15) is 24.3 Å². The van der Waals surface area contributed by atoms with Crippen molar-refractivity contribution in [2.45, 2.75) is 25.7 Å². The van der Waals surface area contributed by atoms with Gasteiger partial charge in [-0.25, -0.2) is 0 Å². The van der Waals surface area contributed by atoms with Gasteiger partial charge in [0.15, 0.2) is 0 Å². The summed E-state index contributed by atoms with van der Waals surface area (Å²) >= 11 is 0. The maximum atomic E-state index is 13.0. The van der Waals surface area contributed by atoms with E-state index in [2.05, 4.69) is 0 Å². The fourth-order valence-electron chi connectivity index (χ4n) is 4.13. The average molecular weight is 409 g/mol. The highest BCUT2D eigenvalue weighted by molar-refractivity contribution is 6.33. The molecule has 2 aromatic carbocycles. The van der Waals surface area contributed by atoms with Crippen LogP contribution in [0.1, 0.15) is 67.1 Å². The molecule has 4 rings (SSSR count). The largest absolute Gasteiger partial charge is 0.854 e. The van der Waals surface area contributed by atoms with Crippen molar-refractivity contribution in [3.63, 3.8) is 0 Å². The van der Waals surface area contributed by atoms with E-state index in [-0.39, 0.29) is 48.6 Å². The molecule has 0 spiro atoms. The summed E-state index contributed by atoms with van der Waals surface area (Å²) in [7, 11) is 0. The van der Waals surface area contributed by atoms with Gasteiger partial charge >= 0.3 is 0 Å². The summed E-state index contributed by atoms with van der Waals surface area (Å²) in [6.45, 7) is 0.0492. The first-order chi connectivity index (χ1) is 14.5. The number of imide groups is 2. The second kappa shape index (κ2) is 7.97. The lowest BCUT2D eigenvalue weighted by molar-refractivity contribution is -0.368. The second-order valence-electron chi connectivity index (χ2n) is 7.44. The Bertz CT molecular complexity index is 922. The van der Waals surface area contributed by atoms with E-state index >= 15 is 0 Å². The Morgan fingerprint density at radius 3 is 1.33 bits per heavy atom. The summed E-state index contributed by atoms with van der Waals surface area (Å²) in [5, 5.41) is 20.4. The zero-order chi connectivity index (χ0) is 21.4. The average Bonchev–Trinajstić information content (AvgIpc) is 2.75. The predicted octanol–water partition coefficient (Wildman–Crippen LogP) is 0.945. The highest BCUT2D eigenvalue weighted by Gasteiger charge is 2.39. The smallest absolute Gasteiger partial charge is 0.261 e. The van der Waals surface area contributed by atoms with E-state index in [0.29, 0.717) is 36.5 Å². The molecule has 0 fully saturated rings. The normalized spacial score (nSPS) is 15.5. The van der Waals surface area contributed by atoms with Gasteiger partial charge in [-0.1, -0.05) is 6.42 Å². The molecular formula is C22H21N2O6-. The summed E-state index contributed by atoms with van der Waals surface area (Å²) in [5.74, 6) is -1.89.